The normalized spacial score (nSPS) is 18.7. The molecule has 0 aliphatic carbocycles. The second-order valence-electron chi connectivity index (χ2n) is 7.48. The largest absolute Gasteiger partial charge is 0.464 e. The van der Waals surface area contributed by atoms with Crippen LogP contribution in [-0.2, 0) is 19.1 Å². The summed E-state index contributed by atoms with van der Waals surface area (Å²) in [6.07, 6.45) is 2.58. The Morgan fingerprint density at radius 3 is 2.48 bits per heavy atom. The molecule has 0 radical (unpaired) electrons. The van der Waals surface area contributed by atoms with Gasteiger partial charge in [-0.05, 0) is 38.8 Å². The van der Waals surface area contributed by atoms with Crippen molar-refractivity contribution in [3.63, 3.8) is 0 Å². The highest BCUT2D eigenvalue weighted by Crippen LogP contribution is 2.29. The van der Waals surface area contributed by atoms with E-state index in [1.54, 1.807) is 26.8 Å². The molecular formula is C21H27NO5. The summed E-state index contributed by atoms with van der Waals surface area (Å²) in [5.41, 5.74) is 0.425. The Labute approximate surface area is 160 Å². The summed E-state index contributed by atoms with van der Waals surface area (Å²) >= 11 is 0. The molecule has 1 saturated heterocycles. The van der Waals surface area contributed by atoms with Crippen molar-refractivity contribution in [2.75, 3.05) is 6.61 Å². The van der Waals surface area contributed by atoms with Crippen LogP contribution in [0.1, 0.15) is 52.5 Å². The summed E-state index contributed by atoms with van der Waals surface area (Å²) in [7, 11) is 0. The Kier molecular flexibility index (Phi) is 6.77. The predicted molar refractivity (Wildman–Crippen MR) is 102 cm³/mol. The van der Waals surface area contributed by atoms with E-state index in [4.69, 9.17) is 9.47 Å². The molecule has 0 N–H and O–H groups in total. The molecule has 0 saturated carbocycles. The van der Waals surface area contributed by atoms with Crippen molar-refractivity contribution in [3.05, 3.63) is 41.5 Å². The zero-order chi connectivity index (χ0) is 20.0. The van der Waals surface area contributed by atoms with Crippen LogP contribution in [-0.4, -0.2) is 41.1 Å². The third-order valence-corrected chi connectivity index (χ3v) is 3.96. The lowest BCUT2D eigenvalue weighted by Crippen LogP contribution is -2.46. The SMILES string of the molecule is CCCCOC(=O)[C@@H]1C/C(=C\c2ccccc2)C(=O)N1C(=O)OC(C)(C)C. The Hall–Kier alpha value is -2.63. The van der Waals surface area contributed by atoms with Crippen LogP contribution in [0.5, 0.6) is 0 Å². The Morgan fingerprint density at radius 1 is 1.22 bits per heavy atom. The van der Waals surface area contributed by atoms with E-state index in [0.717, 1.165) is 23.3 Å². The number of amides is 2. The second-order valence-corrected chi connectivity index (χ2v) is 7.48. The fraction of sp³-hybridized carbons (Fsp3) is 0.476. The van der Waals surface area contributed by atoms with E-state index >= 15 is 0 Å². The topological polar surface area (TPSA) is 72.9 Å². The van der Waals surface area contributed by atoms with Crippen molar-refractivity contribution in [2.24, 2.45) is 0 Å². The highest BCUT2D eigenvalue weighted by Gasteiger charge is 2.46. The van der Waals surface area contributed by atoms with Gasteiger partial charge in [-0.25, -0.2) is 14.5 Å². The summed E-state index contributed by atoms with van der Waals surface area (Å²) in [5, 5.41) is 0. The minimum absolute atomic E-state index is 0.109. The number of hydrogen-bond acceptors (Lipinski definition) is 5. The summed E-state index contributed by atoms with van der Waals surface area (Å²) in [6.45, 7) is 7.38. The van der Waals surface area contributed by atoms with Crippen molar-refractivity contribution in [1.29, 1.82) is 0 Å². The van der Waals surface area contributed by atoms with Crippen LogP contribution in [0.4, 0.5) is 4.79 Å². The van der Waals surface area contributed by atoms with Crippen LogP contribution in [0.3, 0.4) is 0 Å². The van der Waals surface area contributed by atoms with Gasteiger partial charge in [-0.3, -0.25) is 4.79 Å². The van der Waals surface area contributed by atoms with Gasteiger partial charge in [0.05, 0.1) is 6.61 Å². The first-order chi connectivity index (χ1) is 12.7. The molecule has 6 nitrogen and oxygen atoms in total. The molecule has 2 amide bonds. The van der Waals surface area contributed by atoms with Crippen LogP contribution >= 0.6 is 0 Å². The number of carbonyl (C=O) groups excluding carboxylic acids is 3. The molecular weight excluding hydrogens is 346 g/mol. The molecule has 1 atom stereocenters. The highest BCUT2D eigenvalue weighted by molar-refractivity contribution is 6.11. The van der Waals surface area contributed by atoms with Crippen molar-refractivity contribution in [2.45, 2.75) is 58.6 Å². The third-order valence-electron chi connectivity index (χ3n) is 3.96. The molecule has 1 aromatic rings. The van der Waals surface area contributed by atoms with Crippen LogP contribution in [0, 0.1) is 0 Å². The van der Waals surface area contributed by atoms with Gasteiger partial charge < -0.3 is 9.47 Å². The fourth-order valence-electron chi connectivity index (χ4n) is 2.68. The zero-order valence-corrected chi connectivity index (χ0v) is 16.4. The van der Waals surface area contributed by atoms with E-state index in [1.165, 1.54) is 0 Å². The number of rotatable bonds is 5. The minimum atomic E-state index is -1.00. The van der Waals surface area contributed by atoms with Gasteiger partial charge in [0, 0.05) is 12.0 Å². The van der Waals surface area contributed by atoms with Crippen molar-refractivity contribution >= 4 is 24.0 Å². The fourth-order valence-corrected chi connectivity index (χ4v) is 2.68. The molecule has 1 heterocycles. The zero-order valence-electron chi connectivity index (χ0n) is 16.4. The molecule has 0 spiro atoms. The van der Waals surface area contributed by atoms with Gasteiger partial charge in [-0.1, -0.05) is 43.7 Å². The lowest BCUT2D eigenvalue weighted by atomic mass is 10.1. The molecule has 0 bridgehead atoms. The number of benzene rings is 1. The molecule has 6 heteroatoms. The van der Waals surface area contributed by atoms with E-state index in [-0.39, 0.29) is 13.0 Å². The first kappa shape index (κ1) is 20.7. The summed E-state index contributed by atoms with van der Waals surface area (Å²) < 4.78 is 10.6. The number of hydrogen-bond donors (Lipinski definition) is 0. The van der Waals surface area contributed by atoms with Crippen LogP contribution < -0.4 is 0 Å². The summed E-state index contributed by atoms with van der Waals surface area (Å²) in [4.78, 5) is 38.8. The maximum Gasteiger partial charge on any atom is 0.418 e. The summed E-state index contributed by atoms with van der Waals surface area (Å²) in [5.74, 6) is -1.11. The van der Waals surface area contributed by atoms with Crippen molar-refractivity contribution < 1.29 is 23.9 Å². The number of nitrogens with zero attached hydrogens (tertiary/aromatic N) is 1. The average molecular weight is 373 g/mol. The molecule has 1 aliphatic rings. The Morgan fingerprint density at radius 2 is 1.89 bits per heavy atom. The predicted octanol–water partition coefficient (Wildman–Crippen LogP) is 3.95. The maximum atomic E-state index is 12.8. The molecule has 27 heavy (non-hydrogen) atoms. The first-order valence-corrected chi connectivity index (χ1v) is 9.21. The first-order valence-electron chi connectivity index (χ1n) is 9.21. The van der Waals surface area contributed by atoms with Crippen molar-refractivity contribution in [1.82, 2.24) is 4.90 Å². The molecule has 1 aliphatic heterocycles. The van der Waals surface area contributed by atoms with Gasteiger partial charge in [0.1, 0.15) is 11.6 Å². The van der Waals surface area contributed by atoms with Crippen LogP contribution in [0.2, 0.25) is 0 Å². The van der Waals surface area contributed by atoms with E-state index in [2.05, 4.69) is 0 Å². The number of unbranched alkanes of at least 4 members (excludes halogenated alkanes) is 1. The highest BCUT2D eigenvalue weighted by atomic mass is 16.6. The van der Waals surface area contributed by atoms with E-state index in [0.29, 0.717) is 5.57 Å². The van der Waals surface area contributed by atoms with Crippen LogP contribution in [0.15, 0.2) is 35.9 Å². The van der Waals surface area contributed by atoms with Gasteiger partial charge in [0.25, 0.3) is 5.91 Å². The minimum Gasteiger partial charge on any atom is -0.464 e. The van der Waals surface area contributed by atoms with Crippen LogP contribution in [0.25, 0.3) is 6.08 Å². The number of ether oxygens (including phenoxy) is 2. The number of carbonyl (C=O) groups is 3. The third kappa shape index (κ3) is 5.67. The number of esters is 1. The van der Waals surface area contributed by atoms with E-state index in [1.807, 2.05) is 37.3 Å². The molecule has 1 fully saturated rings. The van der Waals surface area contributed by atoms with Gasteiger partial charge >= 0.3 is 12.1 Å². The van der Waals surface area contributed by atoms with E-state index in [9.17, 15) is 14.4 Å². The summed E-state index contributed by atoms with van der Waals surface area (Å²) in [6, 6.07) is 8.29. The quantitative estimate of drug-likeness (QED) is 0.444. The molecule has 146 valence electrons. The Bertz CT molecular complexity index is 718. The van der Waals surface area contributed by atoms with E-state index < -0.39 is 29.6 Å². The standard InChI is InChI=1S/C21H27NO5/c1-5-6-12-26-19(24)17-14-16(13-15-10-8-7-9-11-15)18(23)22(17)20(25)27-21(2,3)4/h7-11,13,17H,5-6,12,14H2,1-4H3/b16-13+/t17-/m0/s1. The second kappa shape index (κ2) is 8.84. The average Bonchev–Trinajstić information content (AvgIpc) is 2.91. The molecule has 0 unspecified atom stereocenters. The molecule has 0 aromatic heterocycles. The smallest absolute Gasteiger partial charge is 0.418 e. The Balaban J connectivity index is 2.27. The molecule has 2 rings (SSSR count). The number of imide groups is 1. The number of likely N-dealkylation sites (tertiary alicyclic amines) is 1. The maximum absolute atomic E-state index is 12.8. The van der Waals surface area contributed by atoms with Gasteiger partial charge in [-0.15, -0.1) is 0 Å². The van der Waals surface area contributed by atoms with Gasteiger partial charge in [0.2, 0.25) is 0 Å². The monoisotopic (exact) mass is 373 g/mol. The van der Waals surface area contributed by atoms with Crippen molar-refractivity contribution in [3.8, 4) is 0 Å². The van der Waals surface area contributed by atoms with Gasteiger partial charge in [-0.2, -0.15) is 0 Å². The van der Waals surface area contributed by atoms with Gasteiger partial charge in [0.15, 0.2) is 0 Å². The molecule has 1 aromatic carbocycles. The lowest BCUT2D eigenvalue weighted by molar-refractivity contribution is -0.151. The lowest BCUT2D eigenvalue weighted by Gasteiger charge is -2.26.